The van der Waals surface area contributed by atoms with Crippen LogP contribution in [0.5, 0.6) is 0 Å². The fourth-order valence-corrected chi connectivity index (χ4v) is 1.40. The maximum Gasteiger partial charge on any atom is 0.0831 e. The van der Waals surface area contributed by atoms with Crippen LogP contribution in [0, 0.1) is 0 Å². The highest BCUT2D eigenvalue weighted by Gasteiger charge is 1.97. The highest BCUT2D eigenvalue weighted by atomic mass is 35.5. The van der Waals surface area contributed by atoms with E-state index < -0.39 is 0 Å². The van der Waals surface area contributed by atoms with Crippen molar-refractivity contribution >= 4 is 11.6 Å². The molecule has 4 heteroatoms. The van der Waals surface area contributed by atoms with Crippen molar-refractivity contribution in [1.82, 2.24) is 14.8 Å². The van der Waals surface area contributed by atoms with Crippen LogP contribution in [0.2, 0.25) is 0 Å². The monoisotopic (exact) mass is 207 g/mol. The van der Waals surface area contributed by atoms with Gasteiger partial charge in [0, 0.05) is 12.4 Å². The second-order valence-corrected chi connectivity index (χ2v) is 3.22. The zero-order valence-corrected chi connectivity index (χ0v) is 8.35. The van der Waals surface area contributed by atoms with Gasteiger partial charge in [0.1, 0.15) is 0 Å². The quantitative estimate of drug-likeness (QED) is 0.722. The van der Waals surface area contributed by atoms with E-state index >= 15 is 0 Å². The zero-order chi connectivity index (χ0) is 9.80. The molecular weight excluding hydrogens is 198 g/mol. The van der Waals surface area contributed by atoms with Crippen LogP contribution in [0.15, 0.2) is 36.7 Å². The number of hydrogen-bond acceptors (Lipinski definition) is 2. The Bertz CT molecular complexity index is 398. The molecule has 0 saturated heterocycles. The number of halogens is 1. The van der Waals surface area contributed by atoms with Crippen molar-refractivity contribution in [3.63, 3.8) is 0 Å². The van der Waals surface area contributed by atoms with Crippen molar-refractivity contribution in [2.45, 2.75) is 12.4 Å². The van der Waals surface area contributed by atoms with Crippen molar-refractivity contribution in [2.75, 3.05) is 0 Å². The molecular formula is C10H10ClN3. The first-order chi connectivity index (χ1) is 6.88. The molecule has 0 N–H and O–H groups in total. The lowest BCUT2D eigenvalue weighted by atomic mass is 10.3. The second kappa shape index (κ2) is 4.24. The van der Waals surface area contributed by atoms with Crippen LogP contribution in [0.1, 0.15) is 11.4 Å². The van der Waals surface area contributed by atoms with E-state index in [9.17, 15) is 0 Å². The van der Waals surface area contributed by atoms with Crippen LogP contribution in [-0.4, -0.2) is 14.8 Å². The number of hydrogen-bond donors (Lipinski definition) is 0. The molecule has 0 aliphatic heterocycles. The van der Waals surface area contributed by atoms with Crippen LogP contribution in [-0.2, 0) is 12.4 Å². The first-order valence-electron chi connectivity index (χ1n) is 4.36. The van der Waals surface area contributed by atoms with Crippen LogP contribution < -0.4 is 0 Å². The smallest absolute Gasteiger partial charge is 0.0831 e. The van der Waals surface area contributed by atoms with Crippen molar-refractivity contribution in [3.05, 3.63) is 48.0 Å². The summed E-state index contributed by atoms with van der Waals surface area (Å²) in [6.45, 7) is 0.692. The normalized spacial score (nSPS) is 10.4. The molecule has 0 unspecified atom stereocenters. The molecule has 0 aliphatic carbocycles. The van der Waals surface area contributed by atoms with E-state index in [-0.39, 0.29) is 0 Å². The molecule has 0 aromatic carbocycles. The Balaban J connectivity index is 2.17. The first kappa shape index (κ1) is 9.21. The van der Waals surface area contributed by atoms with Crippen LogP contribution in [0.3, 0.4) is 0 Å². The molecule has 0 aliphatic rings. The van der Waals surface area contributed by atoms with Gasteiger partial charge in [-0.2, -0.15) is 5.10 Å². The van der Waals surface area contributed by atoms with E-state index in [1.807, 2.05) is 35.1 Å². The predicted molar refractivity (Wildman–Crippen MR) is 55.1 cm³/mol. The van der Waals surface area contributed by atoms with E-state index in [1.54, 1.807) is 6.20 Å². The van der Waals surface area contributed by atoms with Gasteiger partial charge in [0.2, 0.25) is 0 Å². The topological polar surface area (TPSA) is 30.7 Å². The van der Waals surface area contributed by atoms with Gasteiger partial charge >= 0.3 is 0 Å². The largest absolute Gasteiger partial charge is 0.267 e. The number of alkyl halides is 1. The summed E-state index contributed by atoms with van der Waals surface area (Å²) >= 11 is 5.70. The Labute approximate surface area is 87.3 Å². The molecule has 0 radical (unpaired) electrons. The van der Waals surface area contributed by atoms with E-state index in [0.717, 1.165) is 11.4 Å². The van der Waals surface area contributed by atoms with Crippen LogP contribution >= 0.6 is 11.6 Å². The fourth-order valence-electron chi connectivity index (χ4n) is 1.25. The molecule has 0 atom stereocenters. The number of rotatable bonds is 3. The maximum absolute atomic E-state index is 5.70. The van der Waals surface area contributed by atoms with Gasteiger partial charge in [-0.05, 0) is 18.2 Å². The Hall–Kier alpha value is -1.35. The summed E-state index contributed by atoms with van der Waals surface area (Å²) in [7, 11) is 0. The Kier molecular flexibility index (Phi) is 2.79. The summed E-state index contributed by atoms with van der Waals surface area (Å²) in [6, 6.07) is 7.74. The molecule has 72 valence electrons. The maximum atomic E-state index is 5.70. The average molecular weight is 208 g/mol. The molecule has 2 aromatic rings. The lowest BCUT2D eigenvalue weighted by Crippen LogP contribution is -2.02. The summed E-state index contributed by atoms with van der Waals surface area (Å²) in [5, 5.41) is 4.11. The first-order valence-corrected chi connectivity index (χ1v) is 4.90. The Morgan fingerprint density at radius 1 is 1.21 bits per heavy atom. The molecule has 0 fully saturated rings. The van der Waals surface area contributed by atoms with Gasteiger partial charge in [-0.15, -0.1) is 11.6 Å². The number of pyridine rings is 1. The van der Waals surface area contributed by atoms with Gasteiger partial charge in [-0.3, -0.25) is 9.67 Å². The fraction of sp³-hybridized carbons (Fsp3) is 0.200. The summed E-state index contributed by atoms with van der Waals surface area (Å²) in [5.41, 5.74) is 1.88. The van der Waals surface area contributed by atoms with Crippen molar-refractivity contribution in [2.24, 2.45) is 0 Å². The molecule has 2 rings (SSSR count). The van der Waals surface area contributed by atoms with E-state index in [2.05, 4.69) is 10.1 Å². The van der Waals surface area contributed by atoms with Gasteiger partial charge in [-0.25, -0.2) is 0 Å². The Morgan fingerprint density at radius 3 is 2.79 bits per heavy atom. The van der Waals surface area contributed by atoms with Crippen molar-refractivity contribution in [1.29, 1.82) is 0 Å². The molecule has 2 heterocycles. The number of nitrogens with zero attached hydrogens (tertiary/aromatic N) is 3. The molecule has 14 heavy (non-hydrogen) atoms. The van der Waals surface area contributed by atoms with Crippen LogP contribution in [0.25, 0.3) is 0 Å². The minimum absolute atomic E-state index is 0.451. The van der Waals surface area contributed by atoms with Gasteiger partial charge in [-0.1, -0.05) is 6.07 Å². The zero-order valence-electron chi connectivity index (χ0n) is 7.60. The lowest BCUT2D eigenvalue weighted by molar-refractivity contribution is 0.671. The van der Waals surface area contributed by atoms with E-state index in [0.29, 0.717) is 12.4 Å². The highest BCUT2D eigenvalue weighted by Crippen LogP contribution is 2.03. The third kappa shape index (κ3) is 2.12. The van der Waals surface area contributed by atoms with Crippen LogP contribution in [0.4, 0.5) is 0 Å². The predicted octanol–water partition coefficient (Wildman–Crippen LogP) is 2.07. The summed E-state index contributed by atoms with van der Waals surface area (Å²) < 4.78 is 1.83. The molecule has 0 saturated carbocycles. The third-order valence-electron chi connectivity index (χ3n) is 1.88. The lowest BCUT2D eigenvalue weighted by Gasteiger charge is -2.02. The third-order valence-corrected chi connectivity index (χ3v) is 2.16. The van der Waals surface area contributed by atoms with Crippen molar-refractivity contribution < 1.29 is 0 Å². The SMILES string of the molecule is ClCc1cccc(Cn2cccn2)n1. The van der Waals surface area contributed by atoms with Crippen molar-refractivity contribution in [3.8, 4) is 0 Å². The average Bonchev–Trinajstić information content (AvgIpc) is 2.71. The second-order valence-electron chi connectivity index (χ2n) is 2.96. The van der Waals surface area contributed by atoms with Gasteiger partial charge in [0.15, 0.2) is 0 Å². The van der Waals surface area contributed by atoms with E-state index in [4.69, 9.17) is 11.6 Å². The Morgan fingerprint density at radius 2 is 2.07 bits per heavy atom. The summed E-state index contributed by atoms with van der Waals surface area (Å²) in [5.74, 6) is 0.451. The van der Waals surface area contributed by atoms with Gasteiger partial charge in [0.05, 0.1) is 23.8 Å². The minimum atomic E-state index is 0.451. The summed E-state index contributed by atoms with van der Waals surface area (Å²) in [4.78, 5) is 4.37. The molecule has 3 nitrogen and oxygen atoms in total. The number of aromatic nitrogens is 3. The minimum Gasteiger partial charge on any atom is -0.267 e. The highest BCUT2D eigenvalue weighted by molar-refractivity contribution is 6.16. The molecule has 2 aromatic heterocycles. The summed E-state index contributed by atoms with van der Waals surface area (Å²) in [6.07, 6.45) is 3.67. The molecule has 0 amide bonds. The van der Waals surface area contributed by atoms with E-state index in [1.165, 1.54) is 0 Å². The van der Waals surface area contributed by atoms with Gasteiger partial charge in [0.25, 0.3) is 0 Å². The standard InChI is InChI=1S/C10H10ClN3/c11-7-9-3-1-4-10(13-9)8-14-6-2-5-12-14/h1-6H,7-8H2. The molecule has 0 bridgehead atoms. The van der Waals surface area contributed by atoms with Gasteiger partial charge < -0.3 is 0 Å². The molecule has 0 spiro atoms.